The van der Waals surface area contributed by atoms with Gasteiger partial charge in [-0.05, 0) is 60.9 Å². The van der Waals surface area contributed by atoms with E-state index in [4.69, 9.17) is 4.74 Å². The number of ether oxygens (including phenoxy) is 1. The number of nitrogens with zero attached hydrogens (tertiary/aromatic N) is 1. The maximum Gasteiger partial charge on any atom is 0.265 e. The molecule has 0 aromatic heterocycles. The highest BCUT2D eigenvalue weighted by molar-refractivity contribution is 7.93. The molecule has 1 N–H and O–H groups in total. The summed E-state index contributed by atoms with van der Waals surface area (Å²) in [7, 11) is -2.58. The smallest absolute Gasteiger partial charge is 0.265 e. The van der Waals surface area contributed by atoms with Crippen molar-refractivity contribution >= 4 is 27.3 Å². The Hall–Kier alpha value is -3.39. The predicted molar refractivity (Wildman–Crippen MR) is 116 cm³/mol. The SMILES string of the molecule is COc1ccc(S(=O)(=O)N2c3ccccc3CCC2C(=O)Nc2ccccc2F)cc1. The molecule has 0 bridgehead atoms. The molecule has 1 atom stereocenters. The zero-order valence-corrected chi connectivity index (χ0v) is 17.6. The molecule has 4 rings (SSSR count). The first-order valence-corrected chi connectivity index (χ1v) is 11.2. The lowest BCUT2D eigenvalue weighted by atomic mass is 9.97. The number of fused-ring (bicyclic) bond motifs is 1. The van der Waals surface area contributed by atoms with Crippen LogP contribution < -0.4 is 14.4 Å². The van der Waals surface area contributed by atoms with E-state index in [1.807, 2.05) is 12.1 Å². The molecule has 1 heterocycles. The molecule has 6 nitrogen and oxygen atoms in total. The number of anilines is 2. The Bertz CT molecular complexity index is 1210. The molecular formula is C23H21FN2O4S. The molecule has 3 aromatic rings. The number of nitrogens with one attached hydrogen (secondary N) is 1. The Morgan fingerprint density at radius 1 is 1.03 bits per heavy atom. The zero-order chi connectivity index (χ0) is 22.0. The van der Waals surface area contributed by atoms with E-state index >= 15 is 0 Å². The zero-order valence-electron chi connectivity index (χ0n) is 16.8. The van der Waals surface area contributed by atoms with E-state index in [-0.39, 0.29) is 17.0 Å². The van der Waals surface area contributed by atoms with Crippen molar-refractivity contribution in [2.75, 3.05) is 16.7 Å². The normalized spacial score (nSPS) is 15.8. The number of hydrogen-bond donors (Lipinski definition) is 1. The van der Waals surface area contributed by atoms with E-state index < -0.39 is 27.8 Å². The number of rotatable bonds is 5. The van der Waals surface area contributed by atoms with Gasteiger partial charge in [-0.1, -0.05) is 30.3 Å². The molecule has 160 valence electrons. The molecule has 31 heavy (non-hydrogen) atoms. The lowest BCUT2D eigenvalue weighted by Gasteiger charge is -2.36. The topological polar surface area (TPSA) is 75.7 Å². The van der Waals surface area contributed by atoms with E-state index in [0.29, 0.717) is 17.9 Å². The van der Waals surface area contributed by atoms with Crippen LogP contribution in [0.1, 0.15) is 12.0 Å². The lowest BCUT2D eigenvalue weighted by Crippen LogP contribution is -2.50. The van der Waals surface area contributed by atoms with Crippen LogP contribution in [-0.2, 0) is 21.2 Å². The second kappa shape index (κ2) is 8.39. The summed E-state index contributed by atoms with van der Waals surface area (Å²) in [5.74, 6) is -0.653. The van der Waals surface area contributed by atoms with Crippen LogP contribution in [0.3, 0.4) is 0 Å². The fourth-order valence-corrected chi connectivity index (χ4v) is 5.37. The van der Waals surface area contributed by atoms with Gasteiger partial charge in [0.2, 0.25) is 5.91 Å². The van der Waals surface area contributed by atoms with Crippen molar-refractivity contribution in [2.45, 2.75) is 23.8 Å². The number of aryl methyl sites for hydroxylation is 1. The van der Waals surface area contributed by atoms with Gasteiger partial charge in [0, 0.05) is 0 Å². The van der Waals surface area contributed by atoms with Gasteiger partial charge in [-0.15, -0.1) is 0 Å². The Morgan fingerprint density at radius 3 is 2.42 bits per heavy atom. The van der Waals surface area contributed by atoms with Crippen LogP contribution in [0.25, 0.3) is 0 Å². The Labute approximate surface area is 180 Å². The van der Waals surface area contributed by atoms with Gasteiger partial charge < -0.3 is 10.1 Å². The van der Waals surface area contributed by atoms with Crippen LogP contribution in [-0.4, -0.2) is 27.5 Å². The van der Waals surface area contributed by atoms with Gasteiger partial charge in [-0.3, -0.25) is 9.10 Å². The first kappa shape index (κ1) is 20.9. The van der Waals surface area contributed by atoms with E-state index in [1.54, 1.807) is 30.3 Å². The average Bonchev–Trinajstić information content (AvgIpc) is 2.79. The largest absolute Gasteiger partial charge is 0.497 e. The van der Waals surface area contributed by atoms with Crippen LogP contribution in [0.4, 0.5) is 15.8 Å². The van der Waals surface area contributed by atoms with E-state index in [1.165, 1.54) is 37.4 Å². The summed E-state index contributed by atoms with van der Waals surface area (Å²) in [5.41, 5.74) is 1.28. The highest BCUT2D eigenvalue weighted by Crippen LogP contribution is 2.36. The fourth-order valence-electron chi connectivity index (χ4n) is 3.69. The van der Waals surface area contributed by atoms with Crippen LogP contribution in [0.2, 0.25) is 0 Å². The minimum absolute atomic E-state index is 0.00755. The van der Waals surface area contributed by atoms with Crippen molar-refractivity contribution < 1.29 is 22.3 Å². The van der Waals surface area contributed by atoms with Crippen molar-refractivity contribution in [3.05, 3.63) is 84.2 Å². The molecule has 0 spiro atoms. The number of para-hydroxylation sites is 2. The van der Waals surface area contributed by atoms with Gasteiger partial charge in [-0.25, -0.2) is 12.8 Å². The molecule has 1 unspecified atom stereocenters. The van der Waals surface area contributed by atoms with Gasteiger partial charge in [0.05, 0.1) is 23.4 Å². The number of methoxy groups -OCH3 is 1. The number of halogens is 1. The number of amides is 1. The molecule has 0 aliphatic carbocycles. The maximum absolute atomic E-state index is 14.1. The third-order valence-electron chi connectivity index (χ3n) is 5.25. The summed E-state index contributed by atoms with van der Waals surface area (Å²) in [6.07, 6.45) is 0.798. The molecule has 1 amide bonds. The van der Waals surface area contributed by atoms with Gasteiger partial charge in [0.15, 0.2) is 0 Å². The number of benzene rings is 3. The van der Waals surface area contributed by atoms with Crippen molar-refractivity contribution in [3.8, 4) is 5.75 Å². The molecule has 0 fully saturated rings. The van der Waals surface area contributed by atoms with E-state index in [0.717, 1.165) is 9.87 Å². The maximum atomic E-state index is 14.1. The Kier molecular flexibility index (Phi) is 5.65. The van der Waals surface area contributed by atoms with Crippen molar-refractivity contribution in [1.29, 1.82) is 0 Å². The number of carbonyl (C=O) groups is 1. The summed E-state index contributed by atoms with van der Waals surface area (Å²) >= 11 is 0. The van der Waals surface area contributed by atoms with Crippen LogP contribution in [0.5, 0.6) is 5.75 Å². The minimum Gasteiger partial charge on any atom is -0.497 e. The van der Waals surface area contributed by atoms with E-state index in [9.17, 15) is 17.6 Å². The fraction of sp³-hybridized carbons (Fsp3) is 0.174. The lowest BCUT2D eigenvalue weighted by molar-refractivity contribution is -0.117. The third kappa shape index (κ3) is 3.98. The van der Waals surface area contributed by atoms with Crippen molar-refractivity contribution in [3.63, 3.8) is 0 Å². The van der Waals surface area contributed by atoms with Crippen LogP contribution >= 0.6 is 0 Å². The quantitative estimate of drug-likeness (QED) is 0.651. The second-order valence-electron chi connectivity index (χ2n) is 7.13. The number of carbonyl (C=O) groups excluding carboxylic acids is 1. The highest BCUT2D eigenvalue weighted by atomic mass is 32.2. The second-order valence-corrected chi connectivity index (χ2v) is 8.94. The number of hydrogen-bond acceptors (Lipinski definition) is 4. The molecule has 0 saturated heterocycles. The Balaban J connectivity index is 1.76. The number of sulfonamides is 1. The van der Waals surface area contributed by atoms with Gasteiger partial charge in [-0.2, -0.15) is 0 Å². The first-order valence-electron chi connectivity index (χ1n) is 9.73. The van der Waals surface area contributed by atoms with Gasteiger partial charge >= 0.3 is 0 Å². The monoisotopic (exact) mass is 440 g/mol. The first-order chi connectivity index (χ1) is 14.9. The molecule has 1 aliphatic heterocycles. The molecular weight excluding hydrogens is 419 g/mol. The summed E-state index contributed by atoms with van der Waals surface area (Å²) in [6.45, 7) is 0. The third-order valence-corrected chi connectivity index (χ3v) is 7.09. The Morgan fingerprint density at radius 2 is 1.71 bits per heavy atom. The molecule has 0 saturated carbocycles. The summed E-state index contributed by atoms with van der Waals surface area (Å²) in [5, 5.41) is 2.54. The van der Waals surface area contributed by atoms with Crippen LogP contribution in [0, 0.1) is 5.82 Å². The standard InChI is InChI=1S/C23H21FN2O4S/c1-30-17-11-13-18(14-12-17)31(28,29)26-21-9-5-2-6-16(21)10-15-22(26)23(27)25-20-8-4-3-7-19(20)24/h2-9,11-14,22H,10,15H2,1H3,(H,25,27). The summed E-state index contributed by atoms with van der Waals surface area (Å²) in [4.78, 5) is 13.2. The molecule has 8 heteroatoms. The summed E-state index contributed by atoms with van der Waals surface area (Å²) in [6, 6.07) is 17.8. The highest BCUT2D eigenvalue weighted by Gasteiger charge is 2.40. The predicted octanol–water partition coefficient (Wildman–Crippen LogP) is 3.98. The van der Waals surface area contributed by atoms with Crippen LogP contribution in [0.15, 0.2) is 77.7 Å². The molecule has 3 aromatic carbocycles. The van der Waals surface area contributed by atoms with Gasteiger partial charge in [0.25, 0.3) is 10.0 Å². The molecule has 0 radical (unpaired) electrons. The minimum atomic E-state index is -4.07. The molecule has 1 aliphatic rings. The van der Waals surface area contributed by atoms with E-state index in [2.05, 4.69) is 5.32 Å². The van der Waals surface area contributed by atoms with Gasteiger partial charge in [0.1, 0.15) is 17.6 Å². The van der Waals surface area contributed by atoms with Crippen molar-refractivity contribution in [1.82, 2.24) is 0 Å². The average molecular weight is 440 g/mol. The summed E-state index contributed by atoms with van der Waals surface area (Å²) < 4.78 is 47.6. The van der Waals surface area contributed by atoms with Crippen molar-refractivity contribution in [2.24, 2.45) is 0 Å².